The molecule has 0 unspecified atom stereocenters. The number of primary amides is 1. The zero-order valence-corrected chi connectivity index (χ0v) is 16.5. The molecule has 1 saturated carbocycles. The Labute approximate surface area is 166 Å². The Bertz CT molecular complexity index is 831. The van der Waals surface area contributed by atoms with Crippen LogP contribution in [-0.4, -0.2) is 28.0 Å². The molecule has 5 heteroatoms. The Morgan fingerprint density at radius 2 is 1.50 bits per heavy atom. The molecule has 2 aromatic rings. The van der Waals surface area contributed by atoms with Crippen molar-refractivity contribution >= 4 is 12.0 Å². The summed E-state index contributed by atoms with van der Waals surface area (Å²) in [5.41, 5.74) is 9.05. The second-order valence-electron chi connectivity index (χ2n) is 8.44. The summed E-state index contributed by atoms with van der Waals surface area (Å²) in [6.45, 7) is 4.91. The molecule has 5 nitrogen and oxygen atoms in total. The molecular weight excluding hydrogens is 352 g/mol. The molecule has 1 aliphatic carbocycles. The van der Waals surface area contributed by atoms with Gasteiger partial charge in [-0.05, 0) is 59.9 Å². The van der Waals surface area contributed by atoms with Crippen LogP contribution in [0.5, 0.6) is 0 Å². The standard InChI is InChI=1S/C23H28N2O3/c1-23(2)13-11-20(12-14-23)25(22(27)28)15-16-3-5-17(6-4-16)18-7-9-19(10-8-18)21(24)26/h3-10,20H,11-15H2,1-2H3,(H2,24,26)(H,27,28). The Morgan fingerprint density at radius 3 is 1.96 bits per heavy atom. The maximum absolute atomic E-state index is 11.8. The number of nitrogens with zero attached hydrogens (tertiary/aromatic N) is 1. The third kappa shape index (κ3) is 4.71. The quantitative estimate of drug-likeness (QED) is 0.774. The van der Waals surface area contributed by atoms with E-state index in [2.05, 4.69) is 13.8 Å². The number of benzene rings is 2. The van der Waals surface area contributed by atoms with Gasteiger partial charge < -0.3 is 15.7 Å². The van der Waals surface area contributed by atoms with Crippen LogP contribution in [0.4, 0.5) is 4.79 Å². The molecule has 3 N–H and O–H groups in total. The molecule has 0 aliphatic heterocycles. The molecule has 0 atom stereocenters. The van der Waals surface area contributed by atoms with E-state index in [1.807, 2.05) is 36.4 Å². The lowest BCUT2D eigenvalue weighted by atomic mass is 9.75. The van der Waals surface area contributed by atoms with Crippen LogP contribution in [0, 0.1) is 5.41 Å². The summed E-state index contributed by atoms with van der Waals surface area (Å²) in [4.78, 5) is 24.6. The van der Waals surface area contributed by atoms with Crippen LogP contribution in [-0.2, 0) is 6.54 Å². The van der Waals surface area contributed by atoms with Gasteiger partial charge >= 0.3 is 6.09 Å². The molecule has 1 aliphatic rings. The van der Waals surface area contributed by atoms with E-state index in [1.165, 1.54) is 0 Å². The minimum absolute atomic E-state index is 0.0894. The summed E-state index contributed by atoms with van der Waals surface area (Å²) in [6, 6.07) is 15.2. The fourth-order valence-electron chi connectivity index (χ4n) is 3.87. The van der Waals surface area contributed by atoms with Gasteiger partial charge in [0, 0.05) is 18.2 Å². The van der Waals surface area contributed by atoms with Gasteiger partial charge in [-0.15, -0.1) is 0 Å². The molecule has 0 bridgehead atoms. The Balaban J connectivity index is 1.69. The fourth-order valence-corrected chi connectivity index (χ4v) is 3.87. The maximum Gasteiger partial charge on any atom is 0.407 e. The molecule has 0 radical (unpaired) electrons. The largest absolute Gasteiger partial charge is 0.465 e. The fraction of sp³-hybridized carbons (Fsp3) is 0.391. The Kier molecular flexibility index (Phi) is 5.73. The minimum atomic E-state index is -0.851. The van der Waals surface area contributed by atoms with E-state index in [9.17, 15) is 14.7 Å². The monoisotopic (exact) mass is 380 g/mol. The van der Waals surface area contributed by atoms with E-state index in [-0.39, 0.29) is 6.04 Å². The van der Waals surface area contributed by atoms with Gasteiger partial charge in [-0.2, -0.15) is 0 Å². The van der Waals surface area contributed by atoms with Crippen molar-refractivity contribution in [3.63, 3.8) is 0 Å². The first kappa shape index (κ1) is 19.9. The highest BCUT2D eigenvalue weighted by Gasteiger charge is 2.32. The zero-order valence-electron chi connectivity index (χ0n) is 16.5. The summed E-state index contributed by atoms with van der Waals surface area (Å²) in [7, 11) is 0. The lowest BCUT2D eigenvalue weighted by molar-refractivity contribution is 0.0852. The van der Waals surface area contributed by atoms with E-state index in [0.717, 1.165) is 42.4 Å². The average Bonchev–Trinajstić information content (AvgIpc) is 2.67. The normalized spacial score (nSPS) is 16.5. The molecule has 1 fully saturated rings. The smallest absolute Gasteiger partial charge is 0.407 e. The van der Waals surface area contributed by atoms with Crippen LogP contribution in [0.15, 0.2) is 48.5 Å². The van der Waals surface area contributed by atoms with E-state index in [4.69, 9.17) is 5.73 Å². The van der Waals surface area contributed by atoms with Crippen molar-refractivity contribution < 1.29 is 14.7 Å². The van der Waals surface area contributed by atoms with E-state index < -0.39 is 12.0 Å². The van der Waals surface area contributed by atoms with Gasteiger partial charge in [0.05, 0.1) is 0 Å². The van der Waals surface area contributed by atoms with Gasteiger partial charge in [0.1, 0.15) is 0 Å². The second kappa shape index (κ2) is 8.05. The summed E-state index contributed by atoms with van der Waals surface area (Å²) >= 11 is 0. The molecule has 0 heterocycles. The van der Waals surface area contributed by atoms with Crippen LogP contribution in [0.2, 0.25) is 0 Å². The van der Waals surface area contributed by atoms with Crippen LogP contribution in [0.25, 0.3) is 11.1 Å². The first-order valence-electron chi connectivity index (χ1n) is 9.74. The number of carbonyl (C=O) groups is 2. The van der Waals surface area contributed by atoms with E-state index in [0.29, 0.717) is 17.5 Å². The topological polar surface area (TPSA) is 83.6 Å². The highest BCUT2D eigenvalue weighted by Crippen LogP contribution is 2.37. The summed E-state index contributed by atoms with van der Waals surface area (Å²) in [5.74, 6) is -0.443. The molecule has 0 saturated heterocycles. The summed E-state index contributed by atoms with van der Waals surface area (Å²) in [5, 5.41) is 9.71. The van der Waals surface area contributed by atoms with Gasteiger partial charge in [-0.3, -0.25) is 4.79 Å². The zero-order chi connectivity index (χ0) is 20.3. The minimum Gasteiger partial charge on any atom is -0.465 e. The number of hydrogen-bond acceptors (Lipinski definition) is 2. The van der Waals surface area contributed by atoms with Crippen molar-refractivity contribution in [2.24, 2.45) is 11.1 Å². The number of hydrogen-bond donors (Lipinski definition) is 2. The summed E-state index contributed by atoms with van der Waals surface area (Å²) in [6.07, 6.45) is 3.10. The van der Waals surface area contributed by atoms with Crippen molar-refractivity contribution in [1.82, 2.24) is 4.90 Å². The van der Waals surface area contributed by atoms with Gasteiger partial charge in [-0.25, -0.2) is 4.79 Å². The predicted octanol–water partition coefficient (Wildman–Crippen LogP) is 4.90. The van der Waals surface area contributed by atoms with Gasteiger partial charge in [0.2, 0.25) is 5.91 Å². The van der Waals surface area contributed by atoms with E-state index >= 15 is 0 Å². The molecule has 3 rings (SSSR count). The van der Waals surface area contributed by atoms with Crippen molar-refractivity contribution in [3.8, 4) is 11.1 Å². The van der Waals surface area contributed by atoms with Gasteiger partial charge in [0.25, 0.3) is 0 Å². The number of rotatable bonds is 5. The van der Waals surface area contributed by atoms with Crippen LogP contribution < -0.4 is 5.73 Å². The van der Waals surface area contributed by atoms with E-state index in [1.54, 1.807) is 17.0 Å². The Morgan fingerprint density at radius 1 is 1.00 bits per heavy atom. The highest BCUT2D eigenvalue weighted by atomic mass is 16.4. The lowest BCUT2D eigenvalue weighted by Gasteiger charge is -2.39. The molecule has 148 valence electrons. The van der Waals surface area contributed by atoms with Gasteiger partial charge in [-0.1, -0.05) is 50.2 Å². The number of amides is 2. The number of nitrogens with two attached hydrogens (primary N) is 1. The van der Waals surface area contributed by atoms with Crippen LogP contribution >= 0.6 is 0 Å². The van der Waals surface area contributed by atoms with Gasteiger partial charge in [0.15, 0.2) is 0 Å². The molecule has 0 spiro atoms. The molecule has 28 heavy (non-hydrogen) atoms. The summed E-state index contributed by atoms with van der Waals surface area (Å²) < 4.78 is 0. The molecule has 2 aromatic carbocycles. The number of carboxylic acid groups (broad SMARTS) is 1. The first-order chi connectivity index (χ1) is 13.2. The lowest BCUT2D eigenvalue weighted by Crippen LogP contribution is -2.42. The van der Waals surface area contributed by atoms with Crippen molar-refractivity contribution in [1.29, 1.82) is 0 Å². The molecule has 2 amide bonds. The van der Waals surface area contributed by atoms with Crippen LogP contribution in [0.3, 0.4) is 0 Å². The third-order valence-electron chi connectivity index (χ3n) is 5.80. The SMILES string of the molecule is CC1(C)CCC(N(Cc2ccc(-c3ccc(C(N)=O)cc3)cc2)C(=O)O)CC1. The first-order valence-corrected chi connectivity index (χ1v) is 9.74. The second-order valence-corrected chi connectivity index (χ2v) is 8.44. The van der Waals surface area contributed by atoms with Crippen molar-refractivity contribution in [3.05, 3.63) is 59.7 Å². The van der Waals surface area contributed by atoms with Crippen LogP contribution in [0.1, 0.15) is 55.5 Å². The predicted molar refractivity (Wildman–Crippen MR) is 110 cm³/mol. The molecular formula is C23H28N2O3. The molecule has 0 aromatic heterocycles. The average molecular weight is 380 g/mol. The Hall–Kier alpha value is -2.82. The third-order valence-corrected chi connectivity index (χ3v) is 5.80. The highest BCUT2D eigenvalue weighted by molar-refractivity contribution is 5.93. The van der Waals surface area contributed by atoms with Crippen molar-refractivity contribution in [2.45, 2.75) is 52.1 Å². The maximum atomic E-state index is 11.8. The van der Waals surface area contributed by atoms with Crippen molar-refractivity contribution in [2.75, 3.05) is 0 Å². The number of carbonyl (C=O) groups excluding carboxylic acids is 1.